The lowest BCUT2D eigenvalue weighted by Crippen LogP contribution is -2.37. The van der Waals surface area contributed by atoms with Crippen LogP contribution < -0.4 is 20.1 Å². The van der Waals surface area contributed by atoms with E-state index in [9.17, 15) is 22.8 Å². The SMILES string of the molecule is CN(C)CCNC(=O)Nc1ccc(S(=O)(=O)NC(C=O)CC(=O)O)c(OCCc2cccc3ncccc23)c1. The molecular formula is C26H31N5O7S. The fraction of sp³-hybridized carbons (Fsp3) is 0.308. The van der Waals surface area contributed by atoms with Crippen molar-refractivity contribution >= 4 is 44.9 Å². The number of anilines is 1. The smallest absolute Gasteiger partial charge is 0.319 e. The first-order valence-corrected chi connectivity index (χ1v) is 13.6. The predicted octanol–water partition coefficient (Wildman–Crippen LogP) is 1.86. The number of urea groups is 1. The molecule has 3 aromatic rings. The van der Waals surface area contributed by atoms with Crippen LogP contribution in [0.1, 0.15) is 12.0 Å². The Bertz CT molecular complexity index is 1420. The quantitative estimate of drug-likeness (QED) is 0.216. The molecule has 1 unspecified atom stereocenters. The van der Waals surface area contributed by atoms with Gasteiger partial charge in [-0.15, -0.1) is 0 Å². The zero-order valence-electron chi connectivity index (χ0n) is 21.6. The average Bonchev–Trinajstić information content (AvgIpc) is 2.87. The summed E-state index contributed by atoms with van der Waals surface area (Å²) in [4.78, 5) is 40.5. The lowest BCUT2D eigenvalue weighted by atomic mass is 10.1. The third-order valence-corrected chi connectivity index (χ3v) is 7.10. The number of benzene rings is 2. The molecule has 12 nitrogen and oxygen atoms in total. The molecule has 39 heavy (non-hydrogen) atoms. The molecular weight excluding hydrogens is 526 g/mol. The minimum atomic E-state index is -4.36. The zero-order chi connectivity index (χ0) is 28.4. The van der Waals surface area contributed by atoms with E-state index >= 15 is 0 Å². The Kier molecular flexibility index (Phi) is 10.3. The Hall–Kier alpha value is -4.07. The Balaban J connectivity index is 1.83. The van der Waals surface area contributed by atoms with Gasteiger partial charge in [-0.2, -0.15) is 0 Å². The Morgan fingerprint density at radius 2 is 1.95 bits per heavy atom. The maximum atomic E-state index is 13.1. The molecule has 1 aromatic heterocycles. The van der Waals surface area contributed by atoms with E-state index in [-0.39, 0.29) is 29.2 Å². The molecule has 13 heteroatoms. The topological polar surface area (TPSA) is 167 Å². The van der Waals surface area contributed by atoms with Crippen molar-refractivity contribution in [2.75, 3.05) is 39.1 Å². The van der Waals surface area contributed by atoms with E-state index in [1.54, 1.807) is 6.20 Å². The van der Waals surface area contributed by atoms with Crippen molar-refractivity contribution in [1.29, 1.82) is 0 Å². The number of sulfonamides is 1. The number of fused-ring (bicyclic) bond motifs is 1. The number of ether oxygens (including phenoxy) is 1. The summed E-state index contributed by atoms with van der Waals surface area (Å²) in [7, 11) is -0.616. The van der Waals surface area contributed by atoms with Gasteiger partial charge in [0.2, 0.25) is 10.0 Å². The van der Waals surface area contributed by atoms with Crippen LogP contribution in [-0.4, -0.2) is 81.5 Å². The molecule has 4 N–H and O–H groups in total. The molecule has 0 bridgehead atoms. The van der Waals surface area contributed by atoms with E-state index in [1.165, 1.54) is 18.2 Å². The van der Waals surface area contributed by atoms with Crippen molar-refractivity contribution in [2.24, 2.45) is 0 Å². The third-order valence-electron chi connectivity index (χ3n) is 5.57. The molecule has 3 rings (SSSR count). The highest BCUT2D eigenvalue weighted by molar-refractivity contribution is 7.89. The molecule has 0 aliphatic heterocycles. The standard InChI is InChI=1S/C26H31N5O7S/c1-31(2)13-12-28-26(35)29-19-8-9-24(39(36,37)30-20(17-32)16-25(33)34)23(15-19)38-14-10-18-5-3-7-22-21(18)6-4-11-27-22/h3-9,11,15,17,20,30H,10,12-14,16H2,1-2H3,(H,33,34)(H2,28,29,35). The lowest BCUT2D eigenvalue weighted by Gasteiger charge is -2.17. The molecule has 0 radical (unpaired) electrons. The minimum Gasteiger partial charge on any atom is -0.492 e. The van der Waals surface area contributed by atoms with Gasteiger partial charge in [-0.25, -0.2) is 17.9 Å². The number of aliphatic carboxylic acids is 1. The number of aldehydes is 1. The number of carbonyl (C=O) groups is 3. The van der Waals surface area contributed by atoms with Crippen LogP contribution in [0.25, 0.3) is 10.9 Å². The first-order chi connectivity index (χ1) is 18.6. The molecule has 1 atom stereocenters. The zero-order valence-corrected chi connectivity index (χ0v) is 22.4. The molecule has 0 fully saturated rings. The van der Waals surface area contributed by atoms with Gasteiger partial charge in [0.1, 0.15) is 16.9 Å². The van der Waals surface area contributed by atoms with E-state index < -0.39 is 34.5 Å². The van der Waals surface area contributed by atoms with E-state index in [0.717, 1.165) is 16.5 Å². The number of carboxylic acids is 1. The number of nitrogens with one attached hydrogen (secondary N) is 3. The van der Waals surface area contributed by atoms with Crippen LogP contribution in [0.3, 0.4) is 0 Å². The molecule has 0 saturated heterocycles. The van der Waals surface area contributed by atoms with Gasteiger partial charge < -0.3 is 30.2 Å². The monoisotopic (exact) mass is 557 g/mol. The number of rotatable bonds is 14. The Labute approximate surface area is 226 Å². The van der Waals surface area contributed by atoms with Gasteiger partial charge >= 0.3 is 12.0 Å². The largest absolute Gasteiger partial charge is 0.492 e. The number of pyridine rings is 1. The molecule has 2 amide bonds. The maximum absolute atomic E-state index is 13.1. The van der Waals surface area contributed by atoms with Gasteiger partial charge in [-0.3, -0.25) is 9.78 Å². The fourth-order valence-corrected chi connectivity index (χ4v) is 5.01. The third kappa shape index (κ3) is 8.74. The Morgan fingerprint density at radius 3 is 2.67 bits per heavy atom. The van der Waals surface area contributed by atoms with Crippen molar-refractivity contribution in [2.45, 2.75) is 23.8 Å². The number of nitrogens with zero attached hydrogens (tertiary/aromatic N) is 2. The van der Waals surface area contributed by atoms with E-state index in [0.29, 0.717) is 19.5 Å². The van der Waals surface area contributed by atoms with E-state index in [4.69, 9.17) is 9.84 Å². The summed E-state index contributed by atoms with van der Waals surface area (Å²) in [6.45, 7) is 1.11. The second kappa shape index (κ2) is 13.6. The number of aromatic nitrogens is 1. The number of amides is 2. The number of hydrogen-bond donors (Lipinski definition) is 4. The van der Waals surface area contributed by atoms with Crippen LogP contribution >= 0.6 is 0 Å². The van der Waals surface area contributed by atoms with Crippen LogP contribution in [-0.2, 0) is 26.0 Å². The number of hydrogen-bond acceptors (Lipinski definition) is 8. The van der Waals surface area contributed by atoms with Crippen LogP contribution in [0.15, 0.2) is 59.6 Å². The normalized spacial score (nSPS) is 12.2. The van der Waals surface area contributed by atoms with Crippen molar-refractivity contribution in [3.05, 3.63) is 60.3 Å². The summed E-state index contributed by atoms with van der Waals surface area (Å²) >= 11 is 0. The first kappa shape index (κ1) is 29.5. The Morgan fingerprint density at radius 1 is 1.15 bits per heavy atom. The van der Waals surface area contributed by atoms with Gasteiger partial charge in [-0.05, 0) is 43.9 Å². The summed E-state index contributed by atoms with van der Waals surface area (Å²) in [5, 5.41) is 15.2. The lowest BCUT2D eigenvalue weighted by molar-refractivity contribution is -0.138. The van der Waals surface area contributed by atoms with Gasteiger partial charge in [0, 0.05) is 42.8 Å². The highest BCUT2D eigenvalue weighted by atomic mass is 32.2. The maximum Gasteiger partial charge on any atom is 0.319 e. The summed E-state index contributed by atoms with van der Waals surface area (Å²) in [6, 6.07) is 11.4. The van der Waals surface area contributed by atoms with Crippen molar-refractivity contribution in [3.8, 4) is 5.75 Å². The highest BCUT2D eigenvalue weighted by Crippen LogP contribution is 2.28. The van der Waals surface area contributed by atoms with Gasteiger partial charge in [-0.1, -0.05) is 18.2 Å². The summed E-state index contributed by atoms with van der Waals surface area (Å²) in [5.74, 6) is -1.41. The number of carbonyl (C=O) groups excluding carboxylic acids is 2. The predicted molar refractivity (Wildman–Crippen MR) is 145 cm³/mol. The molecule has 1 heterocycles. The number of likely N-dealkylation sites (N-methyl/N-ethyl adjacent to an activating group) is 1. The van der Waals surface area contributed by atoms with E-state index in [2.05, 4.69) is 20.3 Å². The molecule has 0 aliphatic rings. The molecule has 0 saturated carbocycles. The first-order valence-electron chi connectivity index (χ1n) is 12.1. The molecule has 2 aromatic carbocycles. The van der Waals surface area contributed by atoms with Crippen LogP contribution in [0.4, 0.5) is 10.5 Å². The second-order valence-corrected chi connectivity index (χ2v) is 10.6. The summed E-state index contributed by atoms with van der Waals surface area (Å²) < 4.78 is 34.2. The van der Waals surface area contributed by atoms with Crippen molar-refractivity contribution < 1.29 is 32.6 Å². The van der Waals surface area contributed by atoms with Gasteiger partial charge in [0.25, 0.3) is 0 Å². The van der Waals surface area contributed by atoms with Gasteiger partial charge in [0.15, 0.2) is 0 Å². The van der Waals surface area contributed by atoms with E-state index in [1.807, 2.05) is 49.3 Å². The number of carboxylic acid groups (broad SMARTS) is 1. The summed E-state index contributed by atoms with van der Waals surface area (Å²) in [5.41, 5.74) is 2.03. The van der Waals surface area contributed by atoms with Crippen LogP contribution in [0.5, 0.6) is 5.75 Å². The molecule has 0 aliphatic carbocycles. The van der Waals surface area contributed by atoms with Crippen LogP contribution in [0.2, 0.25) is 0 Å². The molecule has 208 valence electrons. The van der Waals surface area contributed by atoms with Crippen molar-refractivity contribution in [1.82, 2.24) is 19.9 Å². The second-order valence-electron chi connectivity index (χ2n) is 8.89. The fourth-order valence-electron chi connectivity index (χ4n) is 3.71. The van der Waals surface area contributed by atoms with Crippen molar-refractivity contribution in [3.63, 3.8) is 0 Å². The minimum absolute atomic E-state index is 0.0769. The van der Waals surface area contributed by atoms with Crippen LogP contribution in [0, 0.1) is 0 Å². The average molecular weight is 558 g/mol. The summed E-state index contributed by atoms with van der Waals surface area (Å²) in [6.07, 6.45) is 1.61. The highest BCUT2D eigenvalue weighted by Gasteiger charge is 2.25. The van der Waals surface area contributed by atoms with Gasteiger partial charge in [0.05, 0.1) is 24.6 Å². The molecule has 0 spiro atoms.